The van der Waals surface area contributed by atoms with Crippen molar-refractivity contribution in [2.45, 2.75) is 10.4 Å². The van der Waals surface area contributed by atoms with Gasteiger partial charge in [-0.15, -0.1) is 0 Å². The number of halogens is 2. The Morgan fingerprint density at radius 1 is 1.43 bits per heavy atom. The summed E-state index contributed by atoms with van der Waals surface area (Å²) in [4.78, 5) is -0.393. The maximum absolute atomic E-state index is 12.9. The van der Waals surface area contributed by atoms with Gasteiger partial charge in [0.25, 0.3) is 0 Å². The number of nitrogens with two attached hydrogens (primary N) is 1. The fraction of sp³-hybridized carbons (Fsp3) is 0.250. The van der Waals surface area contributed by atoms with Crippen LogP contribution in [0.15, 0.2) is 29.2 Å². The molecule has 0 saturated carbocycles. The van der Waals surface area contributed by atoms with Crippen LogP contribution in [0.5, 0.6) is 0 Å². The lowest BCUT2D eigenvalue weighted by Gasteiger charge is -2.06. The molecular formula is C8H9F2NO2S. The summed E-state index contributed by atoms with van der Waals surface area (Å²) in [6.45, 7) is -0.640. The predicted molar refractivity (Wildman–Crippen MR) is 47.5 cm³/mol. The van der Waals surface area contributed by atoms with E-state index in [1.54, 1.807) is 0 Å². The van der Waals surface area contributed by atoms with E-state index in [1.807, 2.05) is 0 Å². The first-order valence-electron chi connectivity index (χ1n) is 3.82. The van der Waals surface area contributed by atoms with Gasteiger partial charge in [0.2, 0.25) is 15.3 Å². The van der Waals surface area contributed by atoms with Crippen molar-refractivity contribution in [3.63, 3.8) is 0 Å². The third-order valence-corrected chi connectivity index (χ3v) is 3.42. The van der Waals surface area contributed by atoms with Crippen LogP contribution in [0, 0.1) is 5.82 Å². The molecule has 6 heteroatoms. The predicted octanol–water partition coefficient (Wildman–Crippen LogP) is 0.854. The highest BCUT2D eigenvalue weighted by Gasteiger charge is 2.25. The highest BCUT2D eigenvalue weighted by atomic mass is 32.2. The Morgan fingerprint density at radius 2 is 2.07 bits per heavy atom. The number of hydrogen-bond acceptors (Lipinski definition) is 3. The zero-order chi connectivity index (χ0) is 10.8. The van der Waals surface area contributed by atoms with Gasteiger partial charge in [0, 0.05) is 6.54 Å². The normalized spacial score (nSPS) is 13.9. The molecular weight excluding hydrogens is 212 g/mol. The van der Waals surface area contributed by atoms with Crippen molar-refractivity contribution in [3.05, 3.63) is 30.1 Å². The number of rotatable bonds is 3. The average molecular weight is 221 g/mol. The Balaban J connectivity index is 3.17. The standard InChI is InChI=1S/C8H9F2NO2S/c9-6-2-1-3-7(4-6)14(12,13)8(10)5-11/h1-4,8H,5,11H2. The van der Waals surface area contributed by atoms with Crippen molar-refractivity contribution in [1.29, 1.82) is 0 Å². The Morgan fingerprint density at radius 3 is 2.57 bits per heavy atom. The SMILES string of the molecule is NCC(F)S(=O)(=O)c1cccc(F)c1. The van der Waals surface area contributed by atoms with E-state index >= 15 is 0 Å². The van der Waals surface area contributed by atoms with E-state index in [0.717, 1.165) is 18.2 Å². The van der Waals surface area contributed by atoms with Crippen LogP contribution in [0.1, 0.15) is 0 Å². The lowest BCUT2D eigenvalue weighted by molar-refractivity contribution is 0.425. The molecule has 0 saturated heterocycles. The summed E-state index contributed by atoms with van der Waals surface area (Å²) in [6, 6.07) is 4.17. The Kier molecular flexibility index (Phi) is 3.17. The summed E-state index contributed by atoms with van der Waals surface area (Å²) in [5.74, 6) is -0.727. The van der Waals surface area contributed by atoms with E-state index in [0.29, 0.717) is 0 Å². The molecule has 0 heterocycles. The summed E-state index contributed by atoms with van der Waals surface area (Å²) in [5.41, 5.74) is 2.70. The van der Waals surface area contributed by atoms with Crippen LogP contribution in [-0.4, -0.2) is 20.5 Å². The summed E-state index contributed by atoms with van der Waals surface area (Å²) in [5, 5.41) is 0. The van der Waals surface area contributed by atoms with Gasteiger partial charge in [-0.1, -0.05) is 6.07 Å². The van der Waals surface area contributed by atoms with Crippen molar-refractivity contribution in [1.82, 2.24) is 0 Å². The van der Waals surface area contributed by atoms with Gasteiger partial charge in [-0.2, -0.15) is 0 Å². The van der Waals surface area contributed by atoms with Gasteiger partial charge in [0.15, 0.2) is 0 Å². The molecule has 0 bridgehead atoms. The Hall–Kier alpha value is -1.01. The monoisotopic (exact) mass is 221 g/mol. The van der Waals surface area contributed by atoms with E-state index in [4.69, 9.17) is 5.73 Å². The van der Waals surface area contributed by atoms with Crippen LogP contribution < -0.4 is 5.73 Å². The summed E-state index contributed by atoms with van der Waals surface area (Å²) in [6.07, 6.45) is 0. The molecule has 0 radical (unpaired) electrons. The largest absolute Gasteiger partial charge is 0.327 e. The van der Waals surface area contributed by atoms with E-state index in [9.17, 15) is 17.2 Å². The van der Waals surface area contributed by atoms with Crippen LogP contribution in [0.25, 0.3) is 0 Å². The van der Waals surface area contributed by atoms with Crippen LogP contribution >= 0.6 is 0 Å². The fourth-order valence-corrected chi connectivity index (χ4v) is 2.01. The maximum Gasteiger partial charge on any atom is 0.217 e. The van der Waals surface area contributed by atoms with Gasteiger partial charge in [-0.25, -0.2) is 17.2 Å². The van der Waals surface area contributed by atoms with Gasteiger partial charge in [-0.05, 0) is 18.2 Å². The lowest BCUT2D eigenvalue weighted by atomic mass is 10.4. The second-order valence-corrected chi connectivity index (χ2v) is 4.72. The molecule has 0 fully saturated rings. The number of alkyl halides is 1. The molecule has 1 unspecified atom stereocenters. The molecule has 0 aliphatic carbocycles. The van der Waals surface area contributed by atoms with E-state index in [2.05, 4.69) is 0 Å². The molecule has 0 aliphatic heterocycles. The first-order chi connectivity index (χ1) is 6.48. The van der Waals surface area contributed by atoms with E-state index < -0.39 is 32.6 Å². The third kappa shape index (κ3) is 2.08. The Labute approximate surface area is 80.5 Å². The van der Waals surface area contributed by atoms with Crippen molar-refractivity contribution in [2.24, 2.45) is 5.73 Å². The van der Waals surface area contributed by atoms with Crippen LogP contribution in [-0.2, 0) is 9.84 Å². The molecule has 1 atom stereocenters. The van der Waals surface area contributed by atoms with Gasteiger partial charge >= 0.3 is 0 Å². The van der Waals surface area contributed by atoms with Crippen molar-refractivity contribution in [2.75, 3.05) is 6.54 Å². The third-order valence-electron chi connectivity index (χ3n) is 1.65. The van der Waals surface area contributed by atoms with E-state index in [-0.39, 0.29) is 0 Å². The molecule has 0 aliphatic rings. The smallest absolute Gasteiger partial charge is 0.217 e. The summed E-state index contributed by atoms with van der Waals surface area (Å²) >= 11 is 0. The number of hydrogen-bond donors (Lipinski definition) is 1. The zero-order valence-corrected chi connectivity index (χ0v) is 7.97. The molecule has 1 aromatic carbocycles. The van der Waals surface area contributed by atoms with Crippen molar-refractivity contribution >= 4 is 9.84 Å². The minimum Gasteiger partial charge on any atom is -0.327 e. The quantitative estimate of drug-likeness (QED) is 0.823. The van der Waals surface area contributed by atoms with Crippen LogP contribution in [0.2, 0.25) is 0 Å². The molecule has 2 N–H and O–H groups in total. The van der Waals surface area contributed by atoms with Crippen LogP contribution in [0.4, 0.5) is 8.78 Å². The zero-order valence-electron chi connectivity index (χ0n) is 7.15. The van der Waals surface area contributed by atoms with Gasteiger partial charge in [0.1, 0.15) is 5.82 Å². The molecule has 78 valence electrons. The summed E-state index contributed by atoms with van der Waals surface area (Å²) < 4.78 is 48.1. The van der Waals surface area contributed by atoms with E-state index in [1.165, 1.54) is 6.07 Å². The highest BCUT2D eigenvalue weighted by molar-refractivity contribution is 7.92. The molecule has 0 amide bonds. The second-order valence-electron chi connectivity index (χ2n) is 2.65. The lowest BCUT2D eigenvalue weighted by Crippen LogP contribution is -2.25. The topological polar surface area (TPSA) is 60.2 Å². The van der Waals surface area contributed by atoms with Crippen molar-refractivity contribution in [3.8, 4) is 0 Å². The minimum absolute atomic E-state index is 0.393. The number of sulfone groups is 1. The molecule has 0 spiro atoms. The number of benzene rings is 1. The second kappa shape index (κ2) is 4.02. The van der Waals surface area contributed by atoms with Gasteiger partial charge < -0.3 is 5.73 Å². The first kappa shape index (κ1) is 11.1. The highest BCUT2D eigenvalue weighted by Crippen LogP contribution is 2.17. The average Bonchev–Trinajstić information content (AvgIpc) is 2.16. The fourth-order valence-electron chi connectivity index (χ4n) is 0.918. The van der Waals surface area contributed by atoms with Crippen LogP contribution in [0.3, 0.4) is 0 Å². The van der Waals surface area contributed by atoms with Gasteiger partial charge in [0.05, 0.1) is 4.90 Å². The maximum atomic E-state index is 12.9. The summed E-state index contributed by atoms with van der Waals surface area (Å²) in [7, 11) is -4.14. The van der Waals surface area contributed by atoms with Gasteiger partial charge in [-0.3, -0.25) is 0 Å². The molecule has 1 rings (SSSR count). The molecule has 0 aromatic heterocycles. The van der Waals surface area contributed by atoms with Crippen molar-refractivity contribution < 1.29 is 17.2 Å². The first-order valence-corrected chi connectivity index (χ1v) is 5.36. The minimum atomic E-state index is -4.14. The molecule has 3 nitrogen and oxygen atoms in total. The molecule has 1 aromatic rings. The molecule has 14 heavy (non-hydrogen) atoms. The Bertz CT molecular complexity index is 419.